The van der Waals surface area contributed by atoms with E-state index >= 15 is 0 Å². The van der Waals surface area contributed by atoms with Crippen molar-refractivity contribution in [3.8, 4) is 0 Å². The number of hydrogen-bond donors (Lipinski definition) is 1. The molecule has 100 valence electrons. The van der Waals surface area contributed by atoms with Gasteiger partial charge in [0.2, 0.25) is 0 Å². The van der Waals surface area contributed by atoms with Gasteiger partial charge in [-0.05, 0) is 19.1 Å². The lowest BCUT2D eigenvalue weighted by Gasteiger charge is -2.12. The van der Waals surface area contributed by atoms with Gasteiger partial charge in [0.1, 0.15) is 5.56 Å². The Balaban J connectivity index is 2.91. The van der Waals surface area contributed by atoms with E-state index in [9.17, 15) is 9.59 Å². The van der Waals surface area contributed by atoms with E-state index in [2.05, 4.69) is 5.32 Å². The molecule has 0 bridgehead atoms. The minimum atomic E-state index is -0.491. The van der Waals surface area contributed by atoms with Crippen LogP contribution in [0.4, 0.5) is 0 Å². The lowest BCUT2D eigenvalue weighted by Crippen LogP contribution is -2.32. The third kappa shape index (κ3) is 2.22. The van der Waals surface area contributed by atoms with Gasteiger partial charge in [0, 0.05) is 19.0 Å². The van der Waals surface area contributed by atoms with Gasteiger partial charge < -0.3 is 9.88 Å². The maximum absolute atomic E-state index is 12.2. The number of carbonyl (C=O) groups excluding carboxylic acids is 1. The molecule has 0 spiro atoms. The fraction of sp³-hybridized carbons (Fsp3) is 0.231. The summed E-state index contributed by atoms with van der Waals surface area (Å²) < 4.78 is 1.37. The van der Waals surface area contributed by atoms with E-state index in [-0.39, 0.29) is 10.6 Å². The standard InChI is InChI=1S/C13H12Cl2N2O2/c1-3-16-12(18)10-11(15)9-7(14)5-4-6-8(9)17(2)13(10)19/h4-6H,3H2,1-2H3,(H,16,18). The van der Waals surface area contributed by atoms with Gasteiger partial charge in [0.25, 0.3) is 11.5 Å². The molecule has 0 aliphatic carbocycles. The van der Waals surface area contributed by atoms with Crippen molar-refractivity contribution in [2.75, 3.05) is 6.54 Å². The minimum Gasteiger partial charge on any atom is -0.352 e. The first kappa shape index (κ1) is 13.9. The Morgan fingerprint density at radius 1 is 1.37 bits per heavy atom. The van der Waals surface area contributed by atoms with Crippen molar-refractivity contribution in [3.63, 3.8) is 0 Å². The molecule has 0 saturated carbocycles. The molecule has 1 heterocycles. The highest BCUT2D eigenvalue weighted by atomic mass is 35.5. The van der Waals surface area contributed by atoms with Gasteiger partial charge in [-0.15, -0.1) is 0 Å². The van der Waals surface area contributed by atoms with Crippen molar-refractivity contribution in [2.24, 2.45) is 7.05 Å². The van der Waals surface area contributed by atoms with Crippen LogP contribution in [0.5, 0.6) is 0 Å². The van der Waals surface area contributed by atoms with Gasteiger partial charge in [-0.2, -0.15) is 0 Å². The SMILES string of the molecule is CCNC(=O)c1c(Cl)c2c(Cl)cccc2n(C)c1=O. The van der Waals surface area contributed by atoms with Gasteiger partial charge in [-0.3, -0.25) is 9.59 Å². The Morgan fingerprint density at radius 3 is 2.68 bits per heavy atom. The highest BCUT2D eigenvalue weighted by Crippen LogP contribution is 2.30. The van der Waals surface area contributed by atoms with Crippen molar-refractivity contribution < 1.29 is 4.79 Å². The van der Waals surface area contributed by atoms with E-state index in [1.165, 1.54) is 4.57 Å². The summed E-state index contributed by atoms with van der Waals surface area (Å²) in [5.74, 6) is -0.491. The number of aryl methyl sites for hydroxylation is 1. The number of benzene rings is 1. The molecule has 0 radical (unpaired) electrons. The Morgan fingerprint density at radius 2 is 2.05 bits per heavy atom. The van der Waals surface area contributed by atoms with Crippen LogP contribution in [-0.2, 0) is 7.05 Å². The molecule has 4 nitrogen and oxygen atoms in total. The zero-order chi connectivity index (χ0) is 14.2. The first-order valence-corrected chi connectivity index (χ1v) is 6.49. The summed E-state index contributed by atoms with van der Waals surface area (Å²) in [5.41, 5.74) is 0.0767. The highest BCUT2D eigenvalue weighted by Gasteiger charge is 2.20. The number of rotatable bonds is 2. The Hall–Kier alpha value is -1.52. The van der Waals surface area contributed by atoms with E-state index in [1.807, 2.05) is 0 Å². The summed E-state index contributed by atoms with van der Waals surface area (Å²) >= 11 is 12.3. The summed E-state index contributed by atoms with van der Waals surface area (Å²) in [4.78, 5) is 24.1. The molecule has 19 heavy (non-hydrogen) atoms. The van der Waals surface area contributed by atoms with Crippen LogP contribution in [0.25, 0.3) is 10.9 Å². The summed E-state index contributed by atoms with van der Waals surface area (Å²) in [7, 11) is 1.58. The second-order valence-corrected chi connectivity index (χ2v) is 4.83. The number of nitrogens with one attached hydrogen (secondary N) is 1. The molecule has 0 fully saturated rings. The fourth-order valence-electron chi connectivity index (χ4n) is 1.95. The molecule has 0 saturated heterocycles. The van der Waals surface area contributed by atoms with Crippen LogP contribution in [0.1, 0.15) is 17.3 Å². The van der Waals surface area contributed by atoms with Gasteiger partial charge in [0.15, 0.2) is 0 Å². The number of aromatic nitrogens is 1. The average molecular weight is 299 g/mol. The molecule has 0 aliphatic rings. The van der Waals surface area contributed by atoms with Gasteiger partial charge in [-0.25, -0.2) is 0 Å². The number of carbonyl (C=O) groups is 1. The zero-order valence-electron chi connectivity index (χ0n) is 10.5. The number of nitrogens with zero attached hydrogens (tertiary/aromatic N) is 1. The predicted molar refractivity (Wildman–Crippen MR) is 77.2 cm³/mol. The molecule has 1 aromatic heterocycles. The van der Waals surface area contributed by atoms with Crippen molar-refractivity contribution in [2.45, 2.75) is 6.92 Å². The van der Waals surface area contributed by atoms with Crippen LogP contribution in [0.15, 0.2) is 23.0 Å². The van der Waals surface area contributed by atoms with Gasteiger partial charge in [0.05, 0.1) is 15.6 Å². The number of pyridine rings is 1. The van der Waals surface area contributed by atoms with Crippen LogP contribution < -0.4 is 10.9 Å². The Kier molecular flexibility index (Phi) is 3.83. The van der Waals surface area contributed by atoms with Crippen LogP contribution in [0, 0.1) is 0 Å². The molecule has 1 amide bonds. The smallest absolute Gasteiger partial charge is 0.265 e. The van der Waals surface area contributed by atoms with Crippen LogP contribution in [-0.4, -0.2) is 17.0 Å². The topological polar surface area (TPSA) is 51.1 Å². The lowest BCUT2D eigenvalue weighted by atomic mass is 10.1. The second kappa shape index (κ2) is 5.23. The molecule has 1 aromatic carbocycles. The minimum absolute atomic E-state index is 0.0772. The molecule has 2 aromatic rings. The van der Waals surface area contributed by atoms with Crippen molar-refractivity contribution in [3.05, 3.63) is 44.2 Å². The Bertz CT molecular complexity index is 723. The molecule has 0 atom stereocenters. The van der Waals surface area contributed by atoms with Crippen LogP contribution >= 0.6 is 23.2 Å². The monoisotopic (exact) mass is 298 g/mol. The van der Waals surface area contributed by atoms with E-state index in [1.54, 1.807) is 32.2 Å². The normalized spacial score (nSPS) is 10.7. The number of halogens is 2. The van der Waals surface area contributed by atoms with Crippen molar-refractivity contribution >= 4 is 40.0 Å². The number of hydrogen-bond acceptors (Lipinski definition) is 2. The van der Waals surface area contributed by atoms with Gasteiger partial charge >= 0.3 is 0 Å². The first-order chi connectivity index (χ1) is 8.99. The van der Waals surface area contributed by atoms with E-state index in [4.69, 9.17) is 23.2 Å². The third-order valence-electron chi connectivity index (χ3n) is 2.87. The molecule has 6 heteroatoms. The number of amides is 1. The van der Waals surface area contributed by atoms with E-state index in [0.717, 1.165) is 0 Å². The largest absolute Gasteiger partial charge is 0.352 e. The van der Waals surface area contributed by atoms with E-state index in [0.29, 0.717) is 22.5 Å². The molecule has 1 N–H and O–H groups in total. The molecule has 0 aliphatic heterocycles. The Labute approximate surface area is 119 Å². The molecule has 2 rings (SSSR count). The lowest BCUT2D eigenvalue weighted by molar-refractivity contribution is 0.0954. The summed E-state index contributed by atoms with van der Waals surface area (Å²) in [5, 5.41) is 3.58. The zero-order valence-corrected chi connectivity index (χ0v) is 12.0. The maximum Gasteiger partial charge on any atom is 0.265 e. The van der Waals surface area contributed by atoms with Crippen LogP contribution in [0.3, 0.4) is 0 Å². The maximum atomic E-state index is 12.2. The molecular weight excluding hydrogens is 287 g/mol. The van der Waals surface area contributed by atoms with Gasteiger partial charge in [-0.1, -0.05) is 29.3 Å². The third-order valence-corrected chi connectivity index (χ3v) is 3.57. The number of fused-ring (bicyclic) bond motifs is 1. The molecule has 0 unspecified atom stereocenters. The quantitative estimate of drug-likeness (QED) is 0.926. The van der Waals surface area contributed by atoms with Crippen LogP contribution in [0.2, 0.25) is 10.0 Å². The summed E-state index contributed by atoms with van der Waals surface area (Å²) in [6.07, 6.45) is 0. The predicted octanol–water partition coefficient (Wildman–Crippen LogP) is 2.60. The van der Waals surface area contributed by atoms with E-state index < -0.39 is 11.5 Å². The second-order valence-electron chi connectivity index (χ2n) is 4.05. The van der Waals surface area contributed by atoms with Crippen molar-refractivity contribution in [1.82, 2.24) is 9.88 Å². The fourth-order valence-corrected chi connectivity index (χ4v) is 2.63. The summed E-state index contributed by atoms with van der Waals surface area (Å²) in [6.45, 7) is 2.18. The molecular formula is C13H12Cl2N2O2. The summed E-state index contributed by atoms with van der Waals surface area (Å²) in [6, 6.07) is 5.13. The average Bonchev–Trinajstić information content (AvgIpc) is 2.36. The first-order valence-electron chi connectivity index (χ1n) is 5.74. The highest BCUT2D eigenvalue weighted by molar-refractivity contribution is 6.43. The van der Waals surface area contributed by atoms with Crippen molar-refractivity contribution in [1.29, 1.82) is 0 Å².